The molecular weight excluding hydrogens is 344 g/mol. The number of amides is 1. The molecule has 7 heteroatoms. The van der Waals surface area contributed by atoms with E-state index in [4.69, 9.17) is 5.73 Å². The summed E-state index contributed by atoms with van der Waals surface area (Å²) in [7, 11) is -3.58. The molecule has 1 aliphatic heterocycles. The summed E-state index contributed by atoms with van der Waals surface area (Å²) in [4.78, 5) is 15.2. The number of hydrogen-bond acceptors (Lipinski definition) is 5. The fourth-order valence-corrected chi connectivity index (χ4v) is 5.64. The Morgan fingerprint density at radius 1 is 1.17 bits per heavy atom. The molecule has 24 heavy (non-hydrogen) atoms. The Morgan fingerprint density at radius 2 is 1.92 bits per heavy atom. The Bertz CT molecular complexity index is 815. The number of nitrogens with two attached hydrogens (primary N) is 1. The number of likely N-dealkylation sites (tertiary alicyclic amines) is 1. The van der Waals surface area contributed by atoms with Crippen LogP contribution in [0.15, 0.2) is 51.6 Å². The molecule has 1 unspecified atom stereocenters. The molecule has 2 N–H and O–H groups in total. The van der Waals surface area contributed by atoms with E-state index in [2.05, 4.69) is 0 Å². The molecule has 0 spiro atoms. The Labute approximate surface area is 146 Å². The van der Waals surface area contributed by atoms with Crippen molar-refractivity contribution in [3.05, 3.63) is 47.3 Å². The summed E-state index contributed by atoms with van der Waals surface area (Å²) >= 11 is 1.03. The highest BCUT2D eigenvalue weighted by atomic mass is 32.2. The number of carbonyl (C=O) groups excluding carboxylic acids is 1. The van der Waals surface area contributed by atoms with Crippen molar-refractivity contribution in [2.75, 3.05) is 13.1 Å². The molecule has 0 aliphatic carbocycles. The summed E-state index contributed by atoms with van der Waals surface area (Å²) in [5.41, 5.74) is 5.77. The van der Waals surface area contributed by atoms with Gasteiger partial charge in [-0.1, -0.05) is 18.2 Å². The number of carbonyl (C=O) groups is 1. The van der Waals surface area contributed by atoms with Crippen LogP contribution in [0.2, 0.25) is 0 Å². The van der Waals surface area contributed by atoms with Gasteiger partial charge in [-0.25, -0.2) is 8.42 Å². The SMILES string of the molecule is NCC1CCCCN1C(=O)c1ccc(S(=O)(=O)c2ccccc2)s1. The number of nitrogens with zero attached hydrogens (tertiary/aromatic N) is 1. The Kier molecular flexibility index (Phi) is 5.03. The highest BCUT2D eigenvalue weighted by molar-refractivity contribution is 7.93. The van der Waals surface area contributed by atoms with E-state index >= 15 is 0 Å². The molecule has 2 aromatic rings. The van der Waals surface area contributed by atoms with E-state index in [0.29, 0.717) is 18.0 Å². The molecule has 1 fully saturated rings. The maximum Gasteiger partial charge on any atom is 0.264 e. The summed E-state index contributed by atoms with van der Waals surface area (Å²) < 4.78 is 25.5. The van der Waals surface area contributed by atoms with Gasteiger partial charge in [-0.05, 0) is 43.5 Å². The van der Waals surface area contributed by atoms with Gasteiger partial charge in [0.15, 0.2) is 0 Å². The standard InChI is InChI=1S/C17H20N2O3S2/c18-12-13-6-4-5-11-19(13)17(20)15-9-10-16(23-15)24(21,22)14-7-2-1-3-8-14/h1-3,7-10,13H,4-6,11-12,18H2. The summed E-state index contributed by atoms with van der Waals surface area (Å²) in [6.45, 7) is 1.12. The van der Waals surface area contributed by atoms with Crippen LogP contribution < -0.4 is 5.73 Å². The fraction of sp³-hybridized carbons (Fsp3) is 0.353. The minimum absolute atomic E-state index is 0.0440. The van der Waals surface area contributed by atoms with E-state index in [-0.39, 0.29) is 21.1 Å². The van der Waals surface area contributed by atoms with Crippen LogP contribution in [-0.4, -0.2) is 38.4 Å². The van der Waals surface area contributed by atoms with Crippen LogP contribution in [0, 0.1) is 0 Å². The minimum Gasteiger partial charge on any atom is -0.334 e. The monoisotopic (exact) mass is 364 g/mol. The molecule has 5 nitrogen and oxygen atoms in total. The van der Waals surface area contributed by atoms with Crippen molar-refractivity contribution in [3.8, 4) is 0 Å². The van der Waals surface area contributed by atoms with Crippen LogP contribution in [-0.2, 0) is 9.84 Å². The summed E-state index contributed by atoms with van der Waals surface area (Å²) in [5, 5.41) is 0. The number of hydrogen-bond donors (Lipinski definition) is 1. The molecule has 0 radical (unpaired) electrons. The number of rotatable bonds is 4. The van der Waals surface area contributed by atoms with Gasteiger partial charge >= 0.3 is 0 Å². The normalized spacial score (nSPS) is 18.5. The Morgan fingerprint density at radius 3 is 2.62 bits per heavy atom. The topological polar surface area (TPSA) is 80.5 Å². The molecule has 1 aromatic heterocycles. The molecule has 3 rings (SSSR count). The first-order valence-electron chi connectivity index (χ1n) is 7.95. The number of thiophene rings is 1. The second-order valence-corrected chi connectivity index (χ2v) is 9.08. The van der Waals surface area contributed by atoms with E-state index in [0.717, 1.165) is 30.6 Å². The number of benzene rings is 1. The first-order valence-corrected chi connectivity index (χ1v) is 10.2. The van der Waals surface area contributed by atoms with Crippen molar-refractivity contribution < 1.29 is 13.2 Å². The quantitative estimate of drug-likeness (QED) is 0.904. The van der Waals surface area contributed by atoms with Gasteiger partial charge in [0.1, 0.15) is 4.21 Å². The van der Waals surface area contributed by atoms with E-state index in [9.17, 15) is 13.2 Å². The van der Waals surface area contributed by atoms with Crippen LogP contribution in [0.25, 0.3) is 0 Å². The van der Waals surface area contributed by atoms with E-state index in [1.807, 2.05) is 0 Å². The average molecular weight is 364 g/mol. The lowest BCUT2D eigenvalue weighted by Crippen LogP contribution is -2.47. The van der Waals surface area contributed by atoms with Crippen molar-refractivity contribution in [2.24, 2.45) is 5.73 Å². The van der Waals surface area contributed by atoms with Gasteiger partial charge < -0.3 is 10.6 Å². The lowest BCUT2D eigenvalue weighted by molar-refractivity contribution is 0.0628. The molecule has 1 aliphatic rings. The third-order valence-electron chi connectivity index (χ3n) is 4.27. The van der Waals surface area contributed by atoms with Crippen LogP contribution in [0.3, 0.4) is 0 Å². The molecule has 1 aromatic carbocycles. The van der Waals surface area contributed by atoms with Crippen LogP contribution in [0.4, 0.5) is 0 Å². The van der Waals surface area contributed by atoms with Gasteiger partial charge in [0.25, 0.3) is 5.91 Å². The smallest absolute Gasteiger partial charge is 0.264 e. The third-order valence-corrected chi connectivity index (χ3v) is 7.61. The number of sulfone groups is 1. The van der Waals surface area contributed by atoms with Crippen molar-refractivity contribution in [1.82, 2.24) is 4.90 Å². The number of piperidine rings is 1. The van der Waals surface area contributed by atoms with E-state index < -0.39 is 9.84 Å². The van der Waals surface area contributed by atoms with E-state index in [1.54, 1.807) is 41.3 Å². The molecule has 0 saturated carbocycles. The van der Waals surface area contributed by atoms with Crippen molar-refractivity contribution in [3.63, 3.8) is 0 Å². The van der Waals surface area contributed by atoms with Gasteiger partial charge in [0.2, 0.25) is 9.84 Å². The molecule has 0 bridgehead atoms. The van der Waals surface area contributed by atoms with Crippen molar-refractivity contribution >= 4 is 27.1 Å². The highest BCUT2D eigenvalue weighted by Crippen LogP contribution is 2.29. The maximum absolute atomic E-state index is 12.7. The van der Waals surface area contributed by atoms with Gasteiger partial charge in [0.05, 0.1) is 9.77 Å². The lowest BCUT2D eigenvalue weighted by Gasteiger charge is -2.34. The fourth-order valence-electron chi connectivity index (χ4n) is 2.95. The summed E-state index contributed by atoms with van der Waals surface area (Å²) in [6.07, 6.45) is 2.94. The van der Waals surface area contributed by atoms with Crippen molar-refractivity contribution in [1.29, 1.82) is 0 Å². The highest BCUT2D eigenvalue weighted by Gasteiger charge is 2.29. The lowest BCUT2D eigenvalue weighted by atomic mass is 10.0. The Hall–Kier alpha value is -1.70. The first-order chi connectivity index (χ1) is 11.5. The minimum atomic E-state index is -3.58. The summed E-state index contributed by atoms with van der Waals surface area (Å²) in [6, 6.07) is 11.4. The molecular formula is C17H20N2O3S2. The second kappa shape index (κ2) is 7.04. The average Bonchev–Trinajstić information content (AvgIpc) is 3.13. The molecule has 128 valence electrons. The first kappa shape index (κ1) is 17.1. The third kappa shape index (κ3) is 3.24. The van der Waals surface area contributed by atoms with Gasteiger partial charge in [-0.15, -0.1) is 11.3 Å². The van der Waals surface area contributed by atoms with Crippen LogP contribution >= 0.6 is 11.3 Å². The summed E-state index contributed by atoms with van der Waals surface area (Å²) in [5.74, 6) is -0.121. The van der Waals surface area contributed by atoms with Crippen LogP contribution in [0.5, 0.6) is 0 Å². The zero-order valence-electron chi connectivity index (χ0n) is 13.2. The predicted octanol–water partition coefficient (Wildman–Crippen LogP) is 2.53. The zero-order chi connectivity index (χ0) is 17.2. The zero-order valence-corrected chi connectivity index (χ0v) is 14.9. The molecule has 2 heterocycles. The largest absolute Gasteiger partial charge is 0.334 e. The predicted molar refractivity (Wildman–Crippen MR) is 93.9 cm³/mol. The Balaban J connectivity index is 1.86. The maximum atomic E-state index is 12.7. The van der Waals surface area contributed by atoms with Crippen LogP contribution in [0.1, 0.15) is 28.9 Å². The van der Waals surface area contributed by atoms with Crippen molar-refractivity contribution in [2.45, 2.75) is 34.4 Å². The van der Waals surface area contributed by atoms with Gasteiger partial charge in [0, 0.05) is 19.1 Å². The molecule has 1 amide bonds. The molecule has 1 saturated heterocycles. The van der Waals surface area contributed by atoms with Gasteiger partial charge in [-0.2, -0.15) is 0 Å². The second-order valence-electron chi connectivity index (χ2n) is 5.82. The van der Waals surface area contributed by atoms with E-state index in [1.165, 1.54) is 6.07 Å². The molecule has 1 atom stereocenters. The van der Waals surface area contributed by atoms with Gasteiger partial charge in [-0.3, -0.25) is 4.79 Å².